The summed E-state index contributed by atoms with van der Waals surface area (Å²) < 4.78 is 41.3. The Morgan fingerprint density at radius 2 is 2.16 bits per heavy atom. The van der Waals surface area contributed by atoms with Crippen molar-refractivity contribution in [1.82, 2.24) is 10.3 Å². The Labute approximate surface area is 147 Å². The van der Waals surface area contributed by atoms with Gasteiger partial charge in [-0.2, -0.15) is 0 Å². The lowest BCUT2D eigenvalue weighted by Crippen LogP contribution is -2.49. The van der Waals surface area contributed by atoms with Crippen LogP contribution in [0.2, 0.25) is 0 Å². The van der Waals surface area contributed by atoms with Gasteiger partial charge >= 0.3 is 6.36 Å². The predicted molar refractivity (Wildman–Crippen MR) is 87.3 cm³/mol. The van der Waals surface area contributed by atoms with Crippen LogP contribution < -0.4 is 10.1 Å². The Bertz CT molecular complexity index is 743. The number of nitrogens with zero attached hydrogens (tertiary/aromatic N) is 1. The Morgan fingerprint density at radius 1 is 1.40 bits per heavy atom. The first-order chi connectivity index (χ1) is 11.8. The molecule has 0 radical (unpaired) electrons. The molecule has 1 amide bonds. The van der Waals surface area contributed by atoms with Crippen LogP contribution in [0.4, 0.5) is 13.2 Å². The van der Waals surface area contributed by atoms with Crippen LogP contribution >= 0.6 is 11.3 Å². The van der Waals surface area contributed by atoms with E-state index in [1.807, 2.05) is 12.3 Å². The third kappa shape index (κ3) is 3.78. The molecule has 1 saturated carbocycles. The summed E-state index contributed by atoms with van der Waals surface area (Å²) in [4.78, 5) is 17.0. The maximum absolute atomic E-state index is 12.9. The second-order valence-corrected chi connectivity index (χ2v) is 7.00. The quantitative estimate of drug-likeness (QED) is 0.852. The van der Waals surface area contributed by atoms with Crippen LogP contribution in [0, 0.1) is 0 Å². The number of carbonyl (C=O) groups is 1. The number of rotatable bonds is 5. The van der Waals surface area contributed by atoms with E-state index in [2.05, 4.69) is 15.0 Å². The number of amides is 1. The fraction of sp³-hybridized carbons (Fsp3) is 0.412. The van der Waals surface area contributed by atoms with Crippen molar-refractivity contribution in [2.45, 2.75) is 44.0 Å². The zero-order valence-electron chi connectivity index (χ0n) is 13.5. The Kier molecular flexibility index (Phi) is 4.73. The van der Waals surface area contributed by atoms with Gasteiger partial charge in [-0.15, -0.1) is 24.5 Å². The van der Waals surface area contributed by atoms with Crippen LogP contribution in [-0.2, 0) is 10.2 Å². The minimum atomic E-state index is -4.76. The van der Waals surface area contributed by atoms with Gasteiger partial charge < -0.3 is 10.1 Å². The van der Waals surface area contributed by atoms with Crippen molar-refractivity contribution in [2.24, 2.45) is 0 Å². The van der Waals surface area contributed by atoms with E-state index in [1.54, 1.807) is 12.3 Å². The maximum Gasteiger partial charge on any atom is 0.573 e. The lowest BCUT2D eigenvalue weighted by atomic mass is 9.63. The minimum absolute atomic E-state index is 0.189. The van der Waals surface area contributed by atoms with E-state index in [0.29, 0.717) is 18.4 Å². The number of hydrogen-bond donors (Lipinski definition) is 1. The number of thiazole rings is 1. The summed E-state index contributed by atoms with van der Waals surface area (Å²) in [7, 11) is 0. The monoisotopic (exact) mass is 370 g/mol. The molecule has 4 nitrogen and oxygen atoms in total. The summed E-state index contributed by atoms with van der Waals surface area (Å²) in [5.74, 6) is -0.498. The average Bonchev–Trinajstić information content (AvgIpc) is 2.98. The summed E-state index contributed by atoms with van der Waals surface area (Å²) in [6.07, 6.45) is -1.05. The molecule has 0 saturated heterocycles. The molecule has 1 aromatic carbocycles. The minimum Gasteiger partial charge on any atom is -0.406 e. The Morgan fingerprint density at radius 3 is 2.72 bits per heavy atom. The van der Waals surface area contributed by atoms with Gasteiger partial charge in [-0.1, -0.05) is 18.6 Å². The van der Waals surface area contributed by atoms with Crippen LogP contribution in [0.3, 0.4) is 0 Å². The Balaban J connectivity index is 1.80. The molecular formula is C17H17F3N2O2S. The van der Waals surface area contributed by atoms with Crippen LogP contribution in [0.15, 0.2) is 35.8 Å². The molecule has 2 aromatic rings. The zero-order chi connectivity index (χ0) is 18.1. The van der Waals surface area contributed by atoms with Gasteiger partial charge in [-0.3, -0.25) is 4.79 Å². The Hall–Kier alpha value is -2.09. The number of halogens is 3. The van der Waals surface area contributed by atoms with Crippen molar-refractivity contribution >= 4 is 17.2 Å². The second-order valence-electron chi connectivity index (χ2n) is 6.08. The summed E-state index contributed by atoms with van der Waals surface area (Å²) >= 11 is 1.44. The van der Waals surface area contributed by atoms with Gasteiger partial charge in [-0.05, 0) is 37.5 Å². The highest BCUT2D eigenvalue weighted by Crippen LogP contribution is 2.45. The molecule has 0 aliphatic heterocycles. The molecule has 1 aromatic heterocycles. The molecule has 0 spiro atoms. The SMILES string of the molecule is C[C@H](NC(=O)C1(c2cccc(OC(F)(F)F)c2)CCC1)c1nccs1. The molecule has 1 aliphatic rings. The van der Waals surface area contributed by atoms with Gasteiger partial charge in [0.1, 0.15) is 10.8 Å². The fourth-order valence-corrected chi connectivity index (χ4v) is 3.66. The highest BCUT2D eigenvalue weighted by Gasteiger charge is 2.46. The van der Waals surface area contributed by atoms with Crippen LogP contribution in [-0.4, -0.2) is 17.3 Å². The molecule has 0 bridgehead atoms. The molecule has 134 valence electrons. The molecule has 25 heavy (non-hydrogen) atoms. The molecule has 1 atom stereocenters. The highest BCUT2D eigenvalue weighted by atomic mass is 32.1. The van der Waals surface area contributed by atoms with E-state index >= 15 is 0 Å². The standard InChI is InChI=1S/C17H17F3N2O2S/c1-11(14-21-8-9-25-14)22-15(23)16(6-3-7-16)12-4-2-5-13(10-12)24-17(18,19)20/h2,4-5,8-11H,3,6-7H2,1H3,(H,22,23)/t11-/m0/s1. The molecule has 1 heterocycles. The summed E-state index contributed by atoms with van der Waals surface area (Å²) in [5, 5.41) is 5.55. The summed E-state index contributed by atoms with van der Waals surface area (Å²) in [6.45, 7) is 1.84. The van der Waals surface area contributed by atoms with Gasteiger partial charge in [0.2, 0.25) is 5.91 Å². The molecule has 3 rings (SSSR count). The average molecular weight is 370 g/mol. The van der Waals surface area contributed by atoms with E-state index < -0.39 is 11.8 Å². The smallest absolute Gasteiger partial charge is 0.406 e. The van der Waals surface area contributed by atoms with E-state index in [1.165, 1.54) is 29.5 Å². The zero-order valence-corrected chi connectivity index (χ0v) is 14.3. The van der Waals surface area contributed by atoms with Crippen molar-refractivity contribution in [3.8, 4) is 5.75 Å². The van der Waals surface area contributed by atoms with Crippen LogP contribution in [0.1, 0.15) is 42.8 Å². The van der Waals surface area contributed by atoms with E-state index in [-0.39, 0.29) is 17.7 Å². The van der Waals surface area contributed by atoms with Crippen molar-refractivity contribution in [3.05, 3.63) is 46.4 Å². The molecular weight excluding hydrogens is 353 g/mol. The number of hydrogen-bond acceptors (Lipinski definition) is 4. The summed E-state index contributed by atoms with van der Waals surface area (Å²) in [6, 6.07) is 5.45. The van der Waals surface area contributed by atoms with Crippen molar-refractivity contribution in [3.63, 3.8) is 0 Å². The molecule has 1 N–H and O–H groups in total. The first kappa shape index (κ1) is 17.7. The first-order valence-electron chi connectivity index (χ1n) is 7.87. The van der Waals surface area contributed by atoms with Gasteiger partial charge in [0.15, 0.2) is 0 Å². The van der Waals surface area contributed by atoms with Gasteiger partial charge in [-0.25, -0.2) is 4.98 Å². The molecule has 1 aliphatic carbocycles. The highest BCUT2D eigenvalue weighted by molar-refractivity contribution is 7.09. The van der Waals surface area contributed by atoms with Crippen molar-refractivity contribution in [1.29, 1.82) is 0 Å². The van der Waals surface area contributed by atoms with Gasteiger partial charge in [0, 0.05) is 11.6 Å². The van der Waals surface area contributed by atoms with Crippen molar-refractivity contribution < 1.29 is 22.7 Å². The fourth-order valence-electron chi connectivity index (χ4n) is 3.01. The number of benzene rings is 1. The van der Waals surface area contributed by atoms with E-state index in [9.17, 15) is 18.0 Å². The number of nitrogens with one attached hydrogen (secondary N) is 1. The third-order valence-electron chi connectivity index (χ3n) is 4.43. The van der Waals surface area contributed by atoms with Gasteiger partial charge in [0.25, 0.3) is 0 Å². The second kappa shape index (κ2) is 6.67. The van der Waals surface area contributed by atoms with Crippen LogP contribution in [0.5, 0.6) is 5.75 Å². The number of aromatic nitrogens is 1. The first-order valence-corrected chi connectivity index (χ1v) is 8.75. The lowest BCUT2D eigenvalue weighted by molar-refractivity contribution is -0.274. The largest absolute Gasteiger partial charge is 0.573 e. The van der Waals surface area contributed by atoms with Crippen LogP contribution in [0.25, 0.3) is 0 Å². The summed E-state index contributed by atoms with van der Waals surface area (Å²) in [5.41, 5.74) is -0.263. The predicted octanol–water partition coefficient (Wildman–Crippen LogP) is 4.34. The maximum atomic E-state index is 12.9. The topological polar surface area (TPSA) is 51.2 Å². The molecule has 1 fully saturated rings. The third-order valence-corrected chi connectivity index (χ3v) is 5.39. The number of alkyl halides is 3. The number of carbonyl (C=O) groups excluding carboxylic acids is 1. The van der Waals surface area contributed by atoms with E-state index in [4.69, 9.17) is 0 Å². The lowest BCUT2D eigenvalue weighted by Gasteiger charge is -2.41. The molecule has 0 unspecified atom stereocenters. The van der Waals surface area contributed by atoms with Crippen molar-refractivity contribution in [2.75, 3.05) is 0 Å². The normalized spacial score (nSPS) is 17.4. The van der Waals surface area contributed by atoms with E-state index in [0.717, 1.165) is 11.4 Å². The number of ether oxygens (including phenoxy) is 1. The van der Waals surface area contributed by atoms with Gasteiger partial charge in [0.05, 0.1) is 11.5 Å². The molecule has 8 heteroatoms.